The first kappa shape index (κ1) is 19.9. The normalized spacial score (nSPS) is 16.1. The van der Waals surface area contributed by atoms with Gasteiger partial charge in [-0.25, -0.2) is 0 Å². The summed E-state index contributed by atoms with van der Waals surface area (Å²) < 4.78 is 0. The number of rotatable bonds is 14. The molecule has 3 nitrogen and oxygen atoms in total. The van der Waals surface area contributed by atoms with E-state index in [9.17, 15) is 15.3 Å². The molecule has 3 unspecified atom stereocenters. The number of aliphatic hydroxyl groups excluding tert-OH is 3. The molecule has 0 amide bonds. The molecule has 3 heteroatoms. The first-order valence-electron chi connectivity index (χ1n) is 8.64. The highest BCUT2D eigenvalue weighted by molar-refractivity contribution is 4.65. The van der Waals surface area contributed by atoms with Crippen molar-refractivity contribution >= 4 is 0 Å². The highest BCUT2D eigenvalue weighted by atomic mass is 16.3. The minimum Gasteiger partial charge on any atom is -0.393 e. The third-order valence-electron chi connectivity index (χ3n) is 3.95. The van der Waals surface area contributed by atoms with Gasteiger partial charge in [0.2, 0.25) is 0 Å². The van der Waals surface area contributed by atoms with Gasteiger partial charge in [0.15, 0.2) is 0 Å². The summed E-state index contributed by atoms with van der Waals surface area (Å²) >= 11 is 0. The molecule has 0 heterocycles. The van der Waals surface area contributed by atoms with E-state index in [4.69, 9.17) is 0 Å². The van der Waals surface area contributed by atoms with Crippen molar-refractivity contribution in [2.45, 2.75) is 109 Å². The molecule has 0 aliphatic rings. The molecule has 0 radical (unpaired) electrons. The van der Waals surface area contributed by atoms with Crippen molar-refractivity contribution in [1.82, 2.24) is 0 Å². The van der Waals surface area contributed by atoms with E-state index in [1.54, 1.807) is 0 Å². The second kappa shape index (κ2) is 13.8. The SMILES string of the molecule is CCCCCCC(O)CCC(O)CCC(O)CCCC. The van der Waals surface area contributed by atoms with Crippen LogP contribution in [-0.2, 0) is 0 Å². The van der Waals surface area contributed by atoms with Gasteiger partial charge in [-0.05, 0) is 38.5 Å². The molecule has 0 spiro atoms. The lowest BCUT2D eigenvalue weighted by Gasteiger charge is -2.16. The molecule has 20 heavy (non-hydrogen) atoms. The van der Waals surface area contributed by atoms with Crippen molar-refractivity contribution in [1.29, 1.82) is 0 Å². The van der Waals surface area contributed by atoms with Crippen molar-refractivity contribution in [3.8, 4) is 0 Å². The zero-order valence-electron chi connectivity index (χ0n) is 13.6. The molecular weight excluding hydrogens is 252 g/mol. The maximum absolute atomic E-state index is 9.86. The van der Waals surface area contributed by atoms with Gasteiger partial charge in [0.25, 0.3) is 0 Å². The molecule has 0 aliphatic carbocycles. The number of unbranched alkanes of at least 4 members (excludes halogenated alkanes) is 4. The smallest absolute Gasteiger partial charge is 0.0542 e. The van der Waals surface area contributed by atoms with Gasteiger partial charge in [-0.1, -0.05) is 52.4 Å². The maximum atomic E-state index is 9.86. The lowest BCUT2D eigenvalue weighted by Crippen LogP contribution is -2.16. The van der Waals surface area contributed by atoms with Gasteiger partial charge in [-0.2, -0.15) is 0 Å². The summed E-state index contributed by atoms with van der Waals surface area (Å²) in [5.41, 5.74) is 0. The Morgan fingerprint density at radius 1 is 0.500 bits per heavy atom. The van der Waals surface area contributed by atoms with E-state index >= 15 is 0 Å². The molecule has 0 saturated carbocycles. The lowest BCUT2D eigenvalue weighted by atomic mass is 9.99. The van der Waals surface area contributed by atoms with E-state index in [1.165, 1.54) is 19.3 Å². The van der Waals surface area contributed by atoms with Gasteiger partial charge < -0.3 is 15.3 Å². The minimum absolute atomic E-state index is 0.272. The van der Waals surface area contributed by atoms with E-state index < -0.39 is 0 Å². The fourth-order valence-corrected chi connectivity index (χ4v) is 2.45. The zero-order chi connectivity index (χ0) is 15.2. The van der Waals surface area contributed by atoms with Crippen LogP contribution in [0.2, 0.25) is 0 Å². The molecule has 0 aromatic rings. The summed E-state index contributed by atoms with van der Waals surface area (Å²) in [6, 6.07) is 0. The van der Waals surface area contributed by atoms with Crippen LogP contribution in [0.5, 0.6) is 0 Å². The van der Waals surface area contributed by atoms with E-state index in [-0.39, 0.29) is 18.3 Å². The number of aliphatic hydroxyl groups is 3. The summed E-state index contributed by atoms with van der Waals surface area (Å²) in [5, 5.41) is 29.4. The van der Waals surface area contributed by atoms with Crippen molar-refractivity contribution in [3.05, 3.63) is 0 Å². The molecule has 0 saturated heterocycles. The fourth-order valence-electron chi connectivity index (χ4n) is 2.45. The lowest BCUT2D eigenvalue weighted by molar-refractivity contribution is 0.0824. The highest BCUT2D eigenvalue weighted by Gasteiger charge is 2.11. The standard InChI is InChI=1S/C17H36O3/c1-3-5-7-8-10-16(19)12-14-17(20)13-11-15(18)9-6-4-2/h15-20H,3-14H2,1-2H3. The van der Waals surface area contributed by atoms with E-state index in [0.717, 1.165) is 32.1 Å². The van der Waals surface area contributed by atoms with Gasteiger partial charge in [0, 0.05) is 0 Å². The van der Waals surface area contributed by atoms with Crippen molar-refractivity contribution in [2.24, 2.45) is 0 Å². The van der Waals surface area contributed by atoms with E-state index in [2.05, 4.69) is 13.8 Å². The first-order chi connectivity index (χ1) is 9.60. The Kier molecular flexibility index (Phi) is 13.8. The summed E-state index contributed by atoms with van der Waals surface area (Å²) in [6.07, 6.45) is 10.3. The van der Waals surface area contributed by atoms with Gasteiger partial charge in [0.05, 0.1) is 18.3 Å². The van der Waals surface area contributed by atoms with Crippen LogP contribution < -0.4 is 0 Å². The minimum atomic E-state index is -0.378. The topological polar surface area (TPSA) is 60.7 Å². The largest absolute Gasteiger partial charge is 0.393 e. The summed E-state index contributed by atoms with van der Waals surface area (Å²) in [6.45, 7) is 4.30. The van der Waals surface area contributed by atoms with Crippen molar-refractivity contribution < 1.29 is 15.3 Å². The highest BCUT2D eigenvalue weighted by Crippen LogP contribution is 2.15. The monoisotopic (exact) mass is 288 g/mol. The summed E-state index contributed by atoms with van der Waals surface area (Å²) in [4.78, 5) is 0. The maximum Gasteiger partial charge on any atom is 0.0542 e. The molecule has 0 aromatic carbocycles. The second-order valence-corrected chi connectivity index (χ2v) is 6.11. The first-order valence-corrected chi connectivity index (χ1v) is 8.64. The third kappa shape index (κ3) is 12.9. The van der Waals surface area contributed by atoms with Crippen LogP contribution in [0.1, 0.15) is 90.9 Å². The molecule has 0 fully saturated rings. The van der Waals surface area contributed by atoms with Crippen molar-refractivity contribution in [3.63, 3.8) is 0 Å². The third-order valence-corrected chi connectivity index (χ3v) is 3.95. The predicted octanol–water partition coefficient (Wildman–Crippen LogP) is 3.79. The quantitative estimate of drug-likeness (QED) is 0.426. The fraction of sp³-hybridized carbons (Fsp3) is 1.00. The second-order valence-electron chi connectivity index (χ2n) is 6.11. The van der Waals surface area contributed by atoms with Crippen LogP contribution in [0, 0.1) is 0 Å². The Bertz CT molecular complexity index is 197. The van der Waals surface area contributed by atoms with Gasteiger partial charge in [0.1, 0.15) is 0 Å². The average Bonchev–Trinajstić information content (AvgIpc) is 2.45. The Balaban J connectivity index is 3.48. The average molecular weight is 288 g/mol. The summed E-state index contributed by atoms with van der Waals surface area (Å²) in [5.74, 6) is 0. The predicted molar refractivity (Wildman–Crippen MR) is 84.8 cm³/mol. The number of hydrogen-bond acceptors (Lipinski definition) is 3. The molecule has 3 atom stereocenters. The van der Waals surface area contributed by atoms with E-state index in [1.807, 2.05) is 0 Å². The Morgan fingerprint density at radius 3 is 1.35 bits per heavy atom. The molecule has 0 aliphatic heterocycles. The zero-order valence-corrected chi connectivity index (χ0v) is 13.6. The van der Waals surface area contributed by atoms with Crippen LogP contribution in [0.25, 0.3) is 0 Å². The van der Waals surface area contributed by atoms with Crippen molar-refractivity contribution in [2.75, 3.05) is 0 Å². The molecular formula is C17H36O3. The van der Waals surface area contributed by atoms with Crippen LogP contribution >= 0.6 is 0 Å². The molecule has 0 rings (SSSR count). The molecule has 3 N–H and O–H groups in total. The van der Waals surface area contributed by atoms with E-state index in [0.29, 0.717) is 25.7 Å². The number of hydrogen-bond donors (Lipinski definition) is 3. The Morgan fingerprint density at radius 2 is 0.900 bits per heavy atom. The van der Waals surface area contributed by atoms with Crippen LogP contribution in [0.4, 0.5) is 0 Å². The van der Waals surface area contributed by atoms with Crippen LogP contribution in [0.3, 0.4) is 0 Å². The van der Waals surface area contributed by atoms with Gasteiger partial charge in [-0.3, -0.25) is 0 Å². The van der Waals surface area contributed by atoms with Crippen LogP contribution in [-0.4, -0.2) is 33.6 Å². The van der Waals surface area contributed by atoms with Crippen LogP contribution in [0.15, 0.2) is 0 Å². The van der Waals surface area contributed by atoms with Gasteiger partial charge >= 0.3 is 0 Å². The molecule has 122 valence electrons. The molecule has 0 aromatic heterocycles. The molecule has 0 bridgehead atoms. The summed E-state index contributed by atoms with van der Waals surface area (Å²) in [7, 11) is 0. The van der Waals surface area contributed by atoms with Gasteiger partial charge in [-0.15, -0.1) is 0 Å². The Hall–Kier alpha value is -0.120. The Labute approximate surface area is 125 Å².